The van der Waals surface area contributed by atoms with Crippen molar-refractivity contribution in [3.8, 4) is 40.2 Å². The Labute approximate surface area is 171 Å². The number of fused-ring (bicyclic) bond motifs is 1. The van der Waals surface area contributed by atoms with Crippen LogP contribution in [0.3, 0.4) is 0 Å². The number of carbonyl (C=O) groups is 1. The van der Waals surface area contributed by atoms with Crippen molar-refractivity contribution in [1.29, 1.82) is 0 Å². The van der Waals surface area contributed by atoms with Gasteiger partial charge in [-0.05, 0) is 24.3 Å². The number of para-hydroxylation sites is 2. The molecule has 10 nitrogen and oxygen atoms in total. The second-order valence-electron chi connectivity index (χ2n) is 6.18. The van der Waals surface area contributed by atoms with Crippen LogP contribution in [0.1, 0.15) is 0 Å². The molecule has 0 bridgehead atoms. The number of carbonyl (C=O) groups excluding carboxylic acids is 1. The highest BCUT2D eigenvalue weighted by atomic mass is 16.6. The van der Waals surface area contributed by atoms with Crippen LogP contribution < -0.4 is 29.0 Å². The fourth-order valence-electron chi connectivity index (χ4n) is 2.93. The van der Waals surface area contributed by atoms with Crippen molar-refractivity contribution in [1.82, 2.24) is 10.2 Å². The Kier molecular flexibility index (Phi) is 5.29. The lowest BCUT2D eigenvalue weighted by molar-refractivity contribution is -0.125. The molecule has 1 aliphatic rings. The van der Waals surface area contributed by atoms with Gasteiger partial charge in [-0.1, -0.05) is 17.2 Å². The minimum atomic E-state index is -0.851. The molecule has 0 unspecified atom stereocenters. The molecule has 0 saturated carbocycles. The Morgan fingerprint density at radius 3 is 2.40 bits per heavy atom. The smallest absolute Gasteiger partial charge is 0.322 e. The predicted molar refractivity (Wildman–Crippen MR) is 104 cm³/mol. The highest BCUT2D eigenvalue weighted by Gasteiger charge is 2.28. The number of hydrogen-bond donors (Lipinski definition) is 1. The number of anilines is 1. The van der Waals surface area contributed by atoms with Gasteiger partial charge in [0.05, 0.1) is 21.3 Å². The third-order valence-corrected chi connectivity index (χ3v) is 4.37. The van der Waals surface area contributed by atoms with Crippen LogP contribution in [0, 0.1) is 0 Å². The zero-order valence-corrected chi connectivity index (χ0v) is 16.5. The predicted octanol–water partition coefficient (Wildman–Crippen LogP) is 2.54. The highest BCUT2D eigenvalue weighted by Crippen LogP contribution is 2.41. The van der Waals surface area contributed by atoms with Gasteiger partial charge in [-0.2, -0.15) is 0 Å². The molecule has 0 spiro atoms. The van der Waals surface area contributed by atoms with E-state index in [0.717, 1.165) is 0 Å². The number of methoxy groups -OCH3 is 3. The van der Waals surface area contributed by atoms with E-state index in [9.17, 15) is 4.79 Å². The van der Waals surface area contributed by atoms with E-state index in [-0.39, 0.29) is 18.5 Å². The summed E-state index contributed by atoms with van der Waals surface area (Å²) in [5, 5.41) is 10.4. The summed E-state index contributed by atoms with van der Waals surface area (Å²) in [6.45, 7) is 0.0662. The number of benzene rings is 2. The van der Waals surface area contributed by atoms with Gasteiger partial charge < -0.3 is 28.1 Å². The molecule has 1 N–H and O–H groups in total. The van der Waals surface area contributed by atoms with Crippen LogP contribution in [0.2, 0.25) is 0 Å². The van der Waals surface area contributed by atoms with E-state index in [1.165, 1.54) is 21.3 Å². The Bertz CT molecular complexity index is 1040. The first-order valence-corrected chi connectivity index (χ1v) is 8.96. The second-order valence-corrected chi connectivity index (χ2v) is 6.18. The molecule has 4 rings (SSSR count). The van der Waals surface area contributed by atoms with Crippen molar-refractivity contribution in [3.63, 3.8) is 0 Å². The van der Waals surface area contributed by atoms with E-state index in [1.807, 2.05) is 6.07 Å². The lowest BCUT2D eigenvalue weighted by Crippen LogP contribution is -2.40. The number of nitrogens with one attached hydrogen (secondary N) is 1. The summed E-state index contributed by atoms with van der Waals surface area (Å²) in [6, 6.07) is 10.4. The minimum Gasteiger partial charge on any atom is -0.493 e. The number of amides is 1. The van der Waals surface area contributed by atoms with Crippen LogP contribution in [0.5, 0.6) is 28.7 Å². The molecular formula is C20H19N3O7. The zero-order valence-electron chi connectivity index (χ0n) is 16.5. The van der Waals surface area contributed by atoms with Gasteiger partial charge >= 0.3 is 6.01 Å². The molecule has 3 aromatic rings. The molecule has 2 aromatic carbocycles. The molecule has 0 radical (unpaired) electrons. The summed E-state index contributed by atoms with van der Waals surface area (Å²) < 4.78 is 32.7. The molecule has 1 amide bonds. The summed E-state index contributed by atoms with van der Waals surface area (Å²) in [7, 11) is 4.52. The zero-order chi connectivity index (χ0) is 21.1. The largest absolute Gasteiger partial charge is 0.493 e. The van der Waals surface area contributed by atoms with E-state index in [0.29, 0.717) is 34.3 Å². The molecule has 2 heterocycles. The number of ether oxygens (including phenoxy) is 5. The number of nitrogens with zero attached hydrogens (tertiary/aromatic N) is 2. The fourth-order valence-corrected chi connectivity index (χ4v) is 2.93. The lowest BCUT2D eigenvalue weighted by Gasteiger charge is -2.24. The molecule has 0 saturated heterocycles. The Morgan fingerprint density at radius 1 is 1.03 bits per heavy atom. The molecule has 1 aliphatic heterocycles. The Balaban J connectivity index is 1.50. The standard InChI is InChI=1S/C20H19N3O7/c1-25-14-8-11(9-15(26-2)17(14)27-3)19-22-23-20(30-19)21-18(24)16-10-28-12-6-4-5-7-13(12)29-16/h4-9,16H,10H2,1-3H3,(H,21,23,24)/t16-/m1/s1. The van der Waals surface area contributed by atoms with Crippen molar-refractivity contribution in [3.05, 3.63) is 36.4 Å². The van der Waals surface area contributed by atoms with Crippen LogP contribution in [0.4, 0.5) is 6.01 Å². The lowest BCUT2D eigenvalue weighted by atomic mass is 10.2. The first kappa shape index (κ1) is 19.4. The molecule has 1 aromatic heterocycles. The summed E-state index contributed by atoms with van der Waals surface area (Å²) in [6.07, 6.45) is -0.851. The van der Waals surface area contributed by atoms with Gasteiger partial charge in [-0.3, -0.25) is 10.1 Å². The number of rotatable bonds is 6. The van der Waals surface area contributed by atoms with E-state index in [4.69, 9.17) is 28.1 Å². The average molecular weight is 413 g/mol. The first-order valence-electron chi connectivity index (χ1n) is 8.96. The van der Waals surface area contributed by atoms with Gasteiger partial charge in [0.15, 0.2) is 23.0 Å². The number of hydrogen-bond acceptors (Lipinski definition) is 9. The molecule has 156 valence electrons. The molecule has 10 heteroatoms. The van der Waals surface area contributed by atoms with Crippen molar-refractivity contribution >= 4 is 11.9 Å². The molecule has 0 fully saturated rings. The molecular weight excluding hydrogens is 394 g/mol. The van der Waals surface area contributed by atoms with E-state index in [1.54, 1.807) is 30.3 Å². The third kappa shape index (κ3) is 3.66. The first-order chi connectivity index (χ1) is 14.6. The highest BCUT2D eigenvalue weighted by molar-refractivity contribution is 5.93. The molecule has 30 heavy (non-hydrogen) atoms. The van der Waals surface area contributed by atoms with Gasteiger partial charge in [0.2, 0.25) is 17.7 Å². The van der Waals surface area contributed by atoms with E-state index >= 15 is 0 Å². The Morgan fingerprint density at radius 2 is 1.73 bits per heavy atom. The SMILES string of the molecule is COc1cc(-c2nnc(NC(=O)[C@H]3COc4ccccc4O3)o2)cc(OC)c1OC. The third-order valence-electron chi connectivity index (χ3n) is 4.37. The van der Waals surface area contributed by atoms with Crippen LogP contribution >= 0.6 is 0 Å². The van der Waals surface area contributed by atoms with Crippen LogP contribution in [0.25, 0.3) is 11.5 Å². The van der Waals surface area contributed by atoms with E-state index < -0.39 is 12.0 Å². The summed E-state index contributed by atoms with van der Waals surface area (Å²) >= 11 is 0. The quantitative estimate of drug-likeness (QED) is 0.651. The second kappa shape index (κ2) is 8.19. The maximum absolute atomic E-state index is 12.5. The molecule has 0 aliphatic carbocycles. The topological polar surface area (TPSA) is 114 Å². The van der Waals surface area contributed by atoms with Gasteiger partial charge in [-0.15, -0.1) is 5.10 Å². The Hall–Kier alpha value is -3.95. The normalized spacial score (nSPS) is 14.7. The molecule has 1 atom stereocenters. The fraction of sp³-hybridized carbons (Fsp3) is 0.250. The van der Waals surface area contributed by atoms with Gasteiger partial charge in [-0.25, -0.2) is 0 Å². The van der Waals surface area contributed by atoms with Crippen LogP contribution in [-0.4, -0.2) is 50.1 Å². The minimum absolute atomic E-state index is 0.0662. The van der Waals surface area contributed by atoms with Crippen molar-refractivity contribution < 1.29 is 32.9 Å². The maximum Gasteiger partial charge on any atom is 0.322 e. The van der Waals surface area contributed by atoms with Crippen LogP contribution in [-0.2, 0) is 4.79 Å². The summed E-state index contributed by atoms with van der Waals surface area (Å²) in [5.41, 5.74) is 0.531. The van der Waals surface area contributed by atoms with E-state index in [2.05, 4.69) is 15.5 Å². The maximum atomic E-state index is 12.5. The van der Waals surface area contributed by atoms with Crippen LogP contribution in [0.15, 0.2) is 40.8 Å². The van der Waals surface area contributed by atoms with Gasteiger partial charge in [0.25, 0.3) is 5.91 Å². The van der Waals surface area contributed by atoms with Crippen molar-refractivity contribution in [2.75, 3.05) is 33.3 Å². The van der Waals surface area contributed by atoms with Crippen molar-refractivity contribution in [2.45, 2.75) is 6.10 Å². The summed E-state index contributed by atoms with van der Waals surface area (Å²) in [4.78, 5) is 12.5. The van der Waals surface area contributed by atoms with Crippen molar-refractivity contribution in [2.24, 2.45) is 0 Å². The average Bonchev–Trinajstić information content (AvgIpc) is 3.26. The van der Waals surface area contributed by atoms with Gasteiger partial charge in [0.1, 0.15) is 6.61 Å². The number of aromatic nitrogens is 2. The van der Waals surface area contributed by atoms with Gasteiger partial charge in [0, 0.05) is 5.56 Å². The summed E-state index contributed by atoms with van der Waals surface area (Å²) in [5.74, 6) is 2.08. The monoisotopic (exact) mass is 413 g/mol.